The molecule has 0 spiro atoms. The van der Waals surface area contributed by atoms with Crippen molar-refractivity contribution < 1.29 is 22.7 Å². The van der Waals surface area contributed by atoms with Crippen LogP contribution in [0.5, 0.6) is 11.9 Å². The Morgan fingerprint density at radius 2 is 1.70 bits per heavy atom. The lowest BCUT2D eigenvalue weighted by molar-refractivity contribution is 0.0541. The van der Waals surface area contributed by atoms with Gasteiger partial charge in [-0.15, -0.1) is 0 Å². The van der Waals surface area contributed by atoms with Crippen LogP contribution in [-0.2, 0) is 10.0 Å². The van der Waals surface area contributed by atoms with Crippen molar-refractivity contribution in [3.8, 4) is 11.9 Å². The molecule has 3 fully saturated rings. The summed E-state index contributed by atoms with van der Waals surface area (Å²) in [5.74, 6) is 1.28. The molecular formula is C32H47N5O5S. The second-order valence-corrected chi connectivity index (χ2v) is 14.6. The van der Waals surface area contributed by atoms with E-state index in [-0.39, 0.29) is 18.0 Å². The highest BCUT2D eigenvalue weighted by molar-refractivity contribution is 7.88. The molecule has 2 aromatic rings. The summed E-state index contributed by atoms with van der Waals surface area (Å²) in [5.41, 5.74) is 2.39. The first-order chi connectivity index (χ1) is 20.6. The molecule has 11 heteroatoms. The van der Waals surface area contributed by atoms with Gasteiger partial charge in [0.05, 0.1) is 20.0 Å². The minimum atomic E-state index is -3.18. The first-order valence-electron chi connectivity index (χ1n) is 15.7. The molecule has 10 nitrogen and oxygen atoms in total. The molecule has 1 amide bonds. The van der Waals surface area contributed by atoms with E-state index in [1.807, 2.05) is 11.8 Å². The molecule has 1 aromatic heterocycles. The number of nitrogens with zero attached hydrogens (tertiary/aromatic N) is 5. The van der Waals surface area contributed by atoms with Crippen LogP contribution in [0.25, 0.3) is 0 Å². The third kappa shape index (κ3) is 7.67. The number of hydrogen-bond acceptors (Lipinski definition) is 8. The van der Waals surface area contributed by atoms with Crippen LogP contribution in [0.2, 0.25) is 0 Å². The topological polar surface area (TPSA) is 105 Å². The molecule has 3 aliphatic rings. The zero-order chi connectivity index (χ0) is 30.6. The van der Waals surface area contributed by atoms with E-state index >= 15 is 0 Å². The second-order valence-electron chi connectivity index (χ2n) is 12.5. The number of sulfonamides is 1. The lowest BCUT2D eigenvalue weighted by atomic mass is 9.78. The maximum absolute atomic E-state index is 13.7. The quantitative estimate of drug-likeness (QED) is 0.416. The van der Waals surface area contributed by atoms with Crippen LogP contribution in [0.1, 0.15) is 78.9 Å². The van der Waals surface area contributed by atoms with Crippen LogP contribution in [0.4, 0.5) is 0 Å². The number of piperidine rings is 2. The monoisotopic (exact) mass is 613 g/mol. The molecule has 43 heavy (non-hydrogen) atoms. The number of ether oxygens (including phenoxy) is 2. The van der Waals surface area contributed by atoms with Crippen molar-refractivity contribution in [1.82, 2.24) is 24.1 Å². The average molecular weight is 614 g/mol. The molecule has 0 N–H and O–H groups in total. The number of methoxy groups -OCH3 is 1. The highest BCUT2D eigenvalue weighted by Gasteiger charge is 2.34. The molecule has 5 rings (SSSR count). The number of carbonyl (C=O) groups excluding carboxylic acids is 1. The van der Waals surface area contributed by atoms with Gasteiger partial charge in [0, 0.05) is 37.8 Å². The molecule has 3 heterocycles. The van der Waals surface area contributed by atoms with Crippen LogP contribution in [0.3, 0.4) is 0 Å². The summed E-state index contributed by atoms with van der Waals surface area (Å²) in [6, 6.07) is 11.3. The number of aromatic nitrogens is 2. The van der Waals surface area contributed by atoms with E-state index in [0.29, 0.717) is 54.7 Å². The van der Waals surface area contributed by atoms with Gasteiger partial charge in [-0.25, -0.2) is 12.7 Å². The fraction of sp³-hybridized carbons (Fsp3) is 0.656. The minimum absolute atomic E-state index is 0.0588. The van der Waals surface area contributed by atoms with E-state index in [0.717, 1.165) is 51.6 Å². The van der Waals surface area contributed by atoms with E-state index in [1.165, 1.54) is 36.1 Å². The Morgan fingerprint density at radius 1 is 1.00 bits per heavy atom. The Morgan fingerprint density at radius 3 is 2.35 bits per heavy atom. The van der Waals surface area contributed by atoms with Gasteiger partial charge < -0.3 is 19.3 Å². The fourth-order valence-corrected chi connectivity index (χ4v) is 7.81. The molecule has 0 bridgehead atoms. The number of hydrogen-bond donors (Lipinski definition) is 0. The van der Waals surface area contributed by atoms with Crippen molar-refractivity contribution in [1.29, 1.82) is 0 Å². The van der Waals surface area contributed by atoms with Crippen molar-refractivity contribution in [2.75, 3.05) is 53.2 Å². The summed E-state index contributed by atoms with van der Waals surface area (Å²) < 4.78 is 37.0. The highest BCUT2D eigenvalue weighted by atomic mass is 32.2. The lowest BCUT2D eigenvalue weighted by Gasteiger charge is -2.43. The van der Waals surface area contributed by atoms with Gasteiger partial charge in [-0.05, 0) is 82.4 Å². The van der Waals surface area contributed by atoms with E-state index in [2.05, 4.69) is 45.2 Å². The van der Waals surface area contributed by atoms with Gasteiger partial charge in [-0.1, -0.05) is 36.8 Å². The molecule has 2 unspecified atom stereocenters. The summed E-state index contributed by atoms with van der Waals surface area (Å²) in [4.78, 5) is 27.0. The Bertz CT molecular complexity index is 1340. The van der Waals surface area contributed by atoms with Crippen molar-refractivity contribution in [2.24, 2.45) is 5.92 Å². The third-order valence-corrected chi connectivity index (χ3v) is 11.1. The Kier molecular flexibility index (Phi) is 10.2. The normalized spacial score (nSPS) is 23.0. The number of rotatable bonds is 9. The van der Waals surface area contributed by atoms with Crippen LogP contribution in [-0.4, -0.2) is 104 Å². The van der Waals surface area contributed by atoms with Crippen LogP contribution in [0, 0.1) is 12.8 Å². The maximum Gasteiger partial charge on any atom is 0.320 e. The molecule has 1 aliphatic carbocycles. The molecule has 2 saturated heterocycles. The van der Waals surface area contributed by atoms with Gasteiger partial charge in [0.15, 0.2) is 0 Å². The van der Waals surface area contributed by atoms with E-state index in [9.17, 15) is 13.2 Å². The third-order valence-electron chi connectivity index (χ3n) is 9.78. The van der Waals surface area contributed by atoms with Crippen molar-refractivity contribution in [3.63, 3.8) is 0 Å². The second kappa shape index (κ2) is 13.9. The Labute approximate surface area is 256 Å². The van der Waals surface area contributed by atoms with Gasteiger partial charge in [0.2, 0.25) is 15.9 Å². The zero-order valence-corrected chi connectivity index (χ0v) is 26.9. The van der Waals surface area contributed by atoms with Gasteiger partial charge in [0.1, 0.15) is 5.69 Å². The molecule has 236 valence electrons. The zero-order valence-electron chi connectivity index (χ0n) is 26.1. The summed E-state index contributed by atoms with van der Waals surface area (Å²) in [6.07, 6.45) is 9.28. The molecule has 0 radical (unpaired) electrons. The van der Waals surface area contributed by atoms with Crippen LogP contribution >= 0.6 is 0 Å². The van der Waals surface area contributed by atoms with Gasteiger partial charge in [-0.3, -0.25) is 4.79 Å². The number of amides is 1. The van der Waals surface area contributed by atoms with Crippen molar-refractivity contribution in [3.05, 3.63) is 47.2 Å². The standard InChI is InChI=1S/C32H47N5O5S/c1-23-29(31(38)37-19-15-28(16-20-37)36-17-13-27(14-18-36)35(2)43(4,39)40)33-32(41-3)34-30(23)42-22-24-9-8-12-26(21-24)25-10-6-5-7-11-25/h5-7,10-11,24,26-28H,8-9,12-22H2,1-4H3. The van der Waals surface area contributed by atoms with Gasteiger partial charge >= 0.3 is 6.01 Å². The Hall–Kier alpha value is -2.76. The largest absolute Gasteiger partial charge is 0.477 e. The minimum Gasteiger partial charge on any atom is -0.477 e. The number of benzene rings is 1. The highest BCUT2D eigenvalue weighted by Crippen LogP contribution is 2.36. The van der Waals surface area contributed by atoms with Gasteiger partial charge in [0.25, 0.3) is 5.91 Å². The summed E-state index contributed by atoms with van der Waals surface area (Å²) in [5, 5.41) is 0. The average Bonchev–Trinajstić information content (AvgIpc) is 3.04. The SMILES string of the molecule is COc1nc(OCC2CCCC(c3ccccc3)C2)c(C)c(C(=O)N2CCC(N3CCC(N(C)S(C)(=O)=O)CC3)CC2)n1. The smallest absolute Gasteiger partial charge is 0.320 e. The van der Waals surface area contributed by atoms with E-state index in [4.69, 9.17) is 9.47 Å². The summed E-state index contributed by atoms with van der Waals surface area (Å²) in [6.45, 7) is 5.47. The van der Waals surface area contributed by atoms with Crippen LogP contribution < -0.4 is 9.47 Å². The first-order valence-corrected chi connectivity index (χ1v) is 17.6. The predicted molar refractivity (Wildman–Crippen MR) is 166 cm³/mol. The molecule has 1 saturated carbocycles. The van der Waals surface area contributed by atoms with E-state index < -0.39 is 10.0 Å². The summed E-state index contributed by atoms with van der Waals surface area (Å²) in [7, 11) is 0.00888. The fourth-order valence-electron chi connectivity index (χ4n) is 7.05. The Balaban J connectivity index is 1.17. The van der Waals surface area contributed by atoms with Crippen LogP contribution in [0.15, 0.2) is 30.3 Å². The van der Waals surface area contributed by atoms with E-state index in [1.54, 1.807) is 7.05 Å². The van der Waals surface area contributed by atoms with Crippen molar-refractivity contribution >= 4 is 15.9 Å². The van der Waals surface area contributed by atoms with Gasteiger partial charge in [-0.2, -0.15) is 9.97 Å². The lowest BCUT2D eigenvalue weighted by Crippen LogP contribution is -2.52. The molecule has 1 aromatic carbocycles. The number of likely N-dealkylation sites (tertiary alicyclic amines) is 2. The first kappa shape index (κ1) is 31.7. The van der Waals surface area contributed by atoms with Crippen molar-refractivity contribution in [2.45, 2.75) is 76.3 Å². The maximum atomic E-state index is 13.7. The summed E-state index contributed by atoms with van der Waals surface area (Å²) >= 11 is 0. The molecular weight excluding hydrogens is 566 g/mol. The predicted octanol–water partition coefficient (Wildman–Crippen LogP) is 4.11. The number of carbonyl (C=O) groups is 1. The molecule has 2 atom stereocenters. The molecule has 2 aliphatic heterocycles.